The lowest BCUT2D eigenvalue weighted by Crippen LogP contribution is -2.46. The van der Waals surface area contributed by atoms with Crippen LogP contribution in [-0.4, -0.2) is 35.8 Å². The van der Waals surface area contributed by atoms with E-state index in [0.717, 1.165) is 34.2 Å². The Bertz CT molecular complexity index is 792. The summed E-state index contributed by atoms with van der Waals surface area (Å²) in [6.07, 6.45) is 1.49. The van der Waals surface area contributed by atoms with Gasteiger partial charge < -0.3 is 14.6 Å². The summed E-state index contributed by atoms with van der Waals surface area (Å²) in [4.78, 5) is 26.7. The Kier molecular flexibility index (Phi) is 5.27. The SMILES string of the molecule is Cc1ccc(C(=O)NC2CCN(C(=O)c3ccc(Br)cc3C)CC2)o1. The van der Waals surface area contributed by atoms with E-state index in [1.54, 1.807) is 12.1 Å². The number of nitrogens with zero attached hydrogens (tertiary/aromatic N) is 1. The molecular weight excluding hydrogens is 384 g/mol. The molecule has 0 radical (unpaired) electrons. The van der Waals surface area contributed by atoms with Gasteiger partial charge in [0.15, 0.2) is 5.76 Å². The molecule has 1 fully saturated rings. The molecule has 3 rings (SSSR count). The van der Waals surface area contributed by atoms with Crippen LogP contribution in [-0.2, 0) is 0 Å². The minimum absolute atomic E-state index is 0.0523. The number of furan rings is 1. The molecule has 1 aliphatic heterocycles. The second-order valence-corrected chi connectivity index (χ2v) is 7.33. The number of piperidine rings is 1. The summed E-state index contributed by atoms with van der Waals surface area (Å²) >= 11 is 3.42. The second-order valence-electron chi connectivity index (χ2n) is 6.41. The lowest BCUT2D eigenvalue weighted by Gasteiger charge is -2.32. The fourth-order valence-corrected chi connectivity index (χ4v) is 3.55. The highest BCUT2D eigenvalue weighted by atomic mass is 79.9. The van der Waals surface area contributed by atoms with Gasteiger partial charge in [-0.1, -0.05) is 15.9 Å². The van der Waals surface area contributed by atoms with Gasteiger partial charge in [-0.25, -0.2) is 0 Å². The van der Waals surface area contributed by atoms with E-state index in [0.29, 0.717) is 18.8 Å². The number of amides is 2. The number of hydrogen-bond donors (Lipinski definition) is 1. The molecule has 0 bridgehead atoms. The molecule has 25 heavy (non-hydrogen) atoms. The van der Waals surface area contributed by atoms with Gasteiger partial charge in [0.1, 0.15) is 5.76 Å². The van der Waals surface area contributed by atoms with Crippen molar-refractivity contribution in [2.75, 3.05) is 13.1 Å². The number of benzene rings is 1. The van der Waals surface area contributed by atoms with Gasteiger partial charge in [-0.3, -0.25) is 9.59 Å². The Hall–Kier alpha value is -2.08. The summed E-state index contributed by atoms with van der Waals surface area (Å²) in [5, 5.41) is 2.99. The smallest absolute Gasteiger partial charge is 0.287 e. The molecule has 2 aromatic rings. The standard InChI is InChI=1S/C19H21BrN2O3/c1-12-11-14(20)4-5-16(12)19(24)22-9-7-15(8-10-22)21-18(23)17-6-3-13(2)25-17/h3-6,11,15H,7-10H2,1-2H3,(H,21,23). The predicted molar refractivity (Wildman–Crippen MR) is 98.7 cm³/mol. The maximum absolute atomic E-state index is 12.7. The molecule has 0 spiro atoms. The Morgan fingerprint density at radius 2 is 1.88 bits per heavy atom. The molecule has 0 atom stereocenters. The highest BCUT2D eigenvalue weighted by Gasteiger charge is 2.26. The van der Waals surface area contributed by atoms with Gasteiger partial charge in [0, 0.05) is 29.2 Å². The molecule has 1 aliphatic rings. The van der Waals surface area contributed by atoms with Crippen LogP contribution < -0.4 is 5.32 Å². The van der Waals surface area contributed by atoms with Crippen LogP contribution in [0.25, 0.3) is 0 Å². The van der Waals surface area contributed by atoms with Gasteiger partial charge in [0.05, 0.1) is 0 Å². The zero-order valence-electron chi connectivity index (χ0n) is 14.3. The van der Waals surface area contributed by atoms with E-state index in [1.165, 1.54) is 0 Å². The number of hydrogen-bond acceptors (Lipinski definition) is 3. The van der Waals surface area contributed by atoms with Crippen LogP contribution in [0, 0.1) is 13.8 Å². The molecule has 2 heterocycles. The van der Waals surface area contributed by atoms with Crippen molar-refractivity contribution in [1.29, 1.82) is 0 Å². The third-order valence-electron chi connectivity index (χ3n) is 4.50. The van der Waals surface area contributed by atoms with E-state index in [9.17, 15) is 9.59 Å². The molecule has 2 amide bonds. The molecule has 0 saturated carbocycles. The lowest BCUT2D eigenvalue weighted by molar-refractivity contribution is 0.0695. The van der Waals surface area contributed by atoms with Crippen molar-refractivity contribution in [2.45, 2.75) is 32.7 Å². The van der Waals surface area contributed by atoms with Gasteiger partial charge in [0.2, 0.25) is 0 Å². The molecule has 0 aliphatic carbocycles. The first-order chi connectivity index (χ1) is 11.9. The average Bonchev–Trinajstić information content (AvgIpc) is 3.02. The number of rotatable bonds is 3. The Morgan fingerprint density at radius 3 is 2.48 bits per heavy atom. The monoisotopic (exact) mass is 404 g/mol. The summed E-state index contributed by atoms with van der Waals surface area (Å²) in [5.41, 5.74) is 1.69. The second kappa shape index (κ2) is 7.44. The fourth-order valence-electron chi connectivity index (χ4n) is 3.08. The molecule has 1 N–H and O–H groups in total. The minimum atomic E-state index is -0.193. The average molecular weight is 405 g/mol. The number of carbonyl (C=O) groups is 2. The van der Waals surface area contributed by atoms with E-state index in [1.807, 2.05) is 36.9 Å². The van der Waals surface area contributed by atoms with Crippen molar-refractivity contribution in [3.05, 3.63) is 57.5 Å². The lowest BCUT2D eigenvalue weighted by atomic mass is 10.0. The Labute approximate surface area is 155 Å². The summed E-state index contributed by atoms with van der Waals surface area (Å²) in [6, 6.07) is 9.21. The molecule has 0 unspecified atom stereocenters. The third kappa shape index (κ3) is 4.12. The predicted octanol–water partition coefficient (Wildman–Crippen LogP) is 3.69. The molecule has 5 nitrogen and oxygen atoms in total. The first-order valence-electron chi connectivity index (χ1n) is 8.37. The van der Waals surface area contributed by atoms with Crippen molar-refractivity contribution < 1.29 is 14.0 Å². The Balaban J connectivity index is 1.56. The highest BCUT2D eigenvalue weighted by Crippen LogP contribution is 2.20. The van der Waals surface area contributed by atoms with Crippen LogP contribution >= 0.6 is 15.9 Å². The number of carbonyl (C=O) groups excluding carboxylic acids is 2. The van der Waals surface area contributed by atoms with E-state index >= 15 is 0 Å². The number of likely N-dealkylation sites (tertiary alicyclic amines) is 1. The summed E-state index contributed by atoms with van der Waals surface area (Å²) in [5.74, 6) is 0.912. The van der Waals surface area contributed by atoms with E-state index < -0.39 is 0 Å². The molecule has 1 saturated heterocycles. The van der Waals surface area contributed by atoms with E-state index in [-0.39, 0.29) is 17.9 Å². The fraction of sp³-hybridized carbons (Fsp3) is 0.368. The topological polar surface area (TPSA) is 62.6 Å². The maximum Gasteiger partial charge on any atom is 0.287 e. The molecule has 1 aromatic carbocycles. The minimum Gasteiger partial charge on any atom is -0.456 e. The van der Waals surface area contributed by atoms with Gasteiger partial charge in [0.25, 0.3) is 11.8 Å². The van der Waals surface area contributed by atoms with E-state index in [4.69, 9.17) is 4.42 Å². The zero-order valence-corrected chi connectivity index (χ0v) is 15.9. The third-order valence-corrected chi connectivity index (χ3v) is 4.99. The van der Waals surface area contributed by atoms with Crippen molar-refractivity contribution >= 4 is 27.7 Å². The molecule has 1 aromatic heterocycles. The van der Waals surface area contributed by atoms with Crippen LogP contribution in [0.1, 0.15) is 45.1 Å². The van der Waals surface area contributed by atoms with E-state index in [2.05, 4.69) is 21.2 Å². The molecule has 132 valence electrons. The van der Waals surface area contributed by atoms with Crippen LogP contribution in [0.4, 0.5) is 0 Å². The quantitative estimate of drug-likeness (QED) is 0.847. The maximum atomic E-state index is 12.7. The van der Waals surface area contributed by atoms with Gasteiger partial charge in [-0.05, 0) is 62.6 Å². The van der Waals surface area contributed by atoms with Crippen molar-refractivity contribution in [3.63, 3.8) is 0 Å². The largest absolute Gasteiger partial charge is 0.456 e. The highest BCUT2D eigenvalue weighted by molar-refractivity contribution is 9.10. The van der Waals surface area contributed by atoms with Gasteiger partial charge in [-0.15, -0.1) is 0 Å². The Morgan fingerprint density at radius 1 is 1.16 bits per heavy atom. The summed E-state index contributed by atoms with van der Waals surface area (Å²) < 4.78 is 6.32. The molecule has 6 heteroatoms. The van der Waals surface area contributed by atoms with Crippen molar-refractivity contribution in [1.82, 2.24) is 10.2 Å². The molecular formula is C19H21BrN2O3. The van der Waals surface area contributed by atoms with Crippen LogP contribution in [0.15, 0.2) is 39.2 Å². The zero-order chi connectivity index (χ0) is 18.0. The van der Waals surface area contributed by atoms with Gasteiger partial charge in [-0.2, -0.15) is 0 Å². The first-order valence-corrected chi connectivity index (χ1v) is 9.16. The number of aryl methyl sites for hydroxylation is 2. The normalized spacial score (nSPS) is 15.2. The number of nitrogens with one attached hydrogen (secondary N) is 1. The first kappa shape index (κ1) is 17.7. The number of halogens is 1. The summed E-state index contributed by atoms with van der Waals surface area (Å²) in [6.45, 7) is 5.02. The van der Waals surface area contributed by atoms with Crippen molar-refractivity contribution in [2.24, 2.45) is 0 Å². The van der Waals surface area contributed by atoms with Crippen LogP contribution in [0.3, 0.4) is 0 Å². The van der Waals surface area contributed by atoms with Crippen molar-refractivity contribution in [3.8, 4) is 0 Å². The van der Waals surface area contributed by atoms with Crippen LogP contribution in [0.2, 0.25) is 0 Å². The van der Waals surface area contributed by atoms with Gasteiger partial charge >= 0.3 is 0 Å². The summed E-state index contributed by atoms with van der Waals surface area (Å²) in [7, 11) is 0. The van der Waals surface area contributed by atoms with Crippen LogP contribution in [0.5, 0.6) is 0 Å².